The molecule has 0 aliphatic rings. The lowest BCUT2D eigenvalue weighted by atomic mass is 10.2. The van der Waals surface area contributed by atoms with Gasteiger partial charge in [0.05, 0.1) is 11.3 Å². The molecule has 0 fully saturated rings. The van der Waals surface area contributed by atoms with E-state index in [1.807, 2.05) is 30.3 Å². The molecule has 3 heterocycles. The molecule has 0 bridgehead atoms. The Bertz CT molecular complexity index is 1310. The lowest BCUT2D eigenvalue weighted by Crippen LogP contribution is -1.98. The molecule has 2 aromatic carbocycles. The highest BCUT2D eigenvalue weighted by atomic mass is 35.5. The van der Waals surface area contributed by atoms with Crippen molar-refractivity contribution in [1.82, 2.24) is 29.9 Å². The molecular formula is C20H15ClN6OS. The van der Waals surface area contributed by atoms with Crippen molar-refractivity contribution >= 4 is 45.4 Å². The average molecular weight is 423 g/mol. The van der Waals surface area contributed by atoms with Crippen molar-refractivity contribution in [3.05, 3.63) is 59.4 Å². The normalized spacial score (nSPS) is 11.5. The molecule has 0 atom stereocenters. The molecule has 0 saturated carbocycles. The molecule has 0 spiro atoms. The molecule has 0 amide bonds. The van der Waals surface area contributed by atoms with Crippen LogP contribution in [0.15, 0.2) is 58.1 Å². The van der Waals surface area contributed by atoms with Crippen LogP contribution in [0.3, 0.4) is 0 Å². The van der Waals surface area contributed by atoms with Crippen LogP contribution in [0.2, 0.25) is 5.02 Å². The van der Waals surface area contributed by atoms with Crippen LogP contribution in [-0.4, -0.2) is 29.9 Å². The Hall–Kier alpha value is -2.97. The monoisotopic (exact) mass is 422 g/mol. The van der Waals surface area contributed by atoms with Crippen molar-refractivity contribution in [1.29, 1.82) is 0 Å². The van der Waals surface area contributed by atoms with Crippen LogP contribution in [0.4, 0.5) is 0 Å². The molecule has 3 aromatic heterocycles. The van der Waals surface area contributed by atoms with Gasteiger partial charge in [-0.15, -0.1) is 20.4 Å². The number of benzene rings is 2. The maximum Gasteiger partial charge on any atom is 0.247 e. The van der Waals surface area contributed by atoms with Crippen molar-refractivity contribution in [2.24, 2.45) is 0 Å². The lowest BCUT2D eigenvalue weighted by molar-refractivity contribution is 0.528. The molecule has 5 aromatic rings. The first-order chi connectivity index (χ1) is 14.2. The predicted molar refractivity (Wildman–Crippen MR) is 113 cm³/mol. The number of fused-ring (bicyclic) bond motifs is 3. The van der Waals surface area contributed by atoms with Crippen LogP contribution in [0.25, 0.3) is 33.5 Å². The number of thioether (sulfide) groups is 1. The maximum atomic E-state index is 5.92. The van der Waals surface area contributed by atoms with E-state index in [2.05, 4.69) is 38.0 Å². The smallest absolute Gasteiger partial charge is 0.247 e. The number of aryl methyl sites for hydroxylation is 1. The van der Waals surface area contributed by atoms with Crippen LogP contribution < -0.4 is 0 Å². The van der Waals surface area contributed by atoms with Crippen LogP contribution in [0, 0.1) is 0 Å². The molecular weight excluding hydrogens is 408 g/mol. The van der Waals surface area contributed by atoms with E-state index in [0.717, 1.165) is 34.2 Å². The minimum Gasteiger partial charge on any atom is -0.420 e. The lowest BCUT2D eigenvalue weighted by Gasteiger charge is -2.02. The molecule has 5 rings (SSSR count). The number of hydrogen-bond donors (Lipinski definition) is 0. The summed E-state index contributed by atoms with van der Waals surface area (Å²) in [6.45, 7) is 2.90. The first-order valence-electron chi connectivity index (χ1n) is 9.05. The molecule has 7 nitrogen and oxygen atoms in total. The molecule has 144 valence electrons. The quantitative estimate of drug-likeness (QED) is 0.369. The van der Waals surface area contributed by atoms with E-state index in [1.54, 1.807) is 12.1 Å². The Labute approximate surface area is 175 Å². The highest BCUT2D eigenvalue weighted by molar-refractivity contribution is 7.98. The Balaban J connectivity index is 1.40. The van der Waals surface area contributed by atoms with Crippen molar-refractivity contribution in [3.8, 4) is 11.5 Å². The van der Waals surface area contributed by atoms with Gasteiger partial charge in [-0.05, 0) is 37.3 Å². The summed E-state index contributed by atoms with van der Waals surface area (Å²) in [4.78, 5) is 4.72. The second kappa shape index (κ2) is 7.46. The zero-order valence-corrected chi connectivity index (χ0v) is 17.0. The average Bonchev–Trinajstić information content (AvgIpc) is 3.35. The first kappa shape index (κ1) is 18.1. The number of para-hydroxylation sites is 1. The summed E-state index contributed by atoms with van der Waals surface area (Å²) < 4.78 is 7.89. The fraction of sp³-hybridized carbons (Fsp3) is 0.150. The standard InChI is InChI=1S/C20H15ClN6OS/c1-2-27-15-6-4-3-5-14(15)17-18(27)22-20(26-24-17)29-11-16-23-25-19(28-16)12-7-9-13(21)10-8-12/h3-10H,2,11H2,1H3. The molecule has 29 heavy (non-hydrogen) atoms. The Morgan fingerprint density at radius 2 is 1.83 bits per heavy atom. The third-order valence-corrected chi connectivity index (χ3v) is 5.63. The van der Waals surface area contributed by atoms with E-state index >= 15 is 0 Å². The second-order valence-corrected chi connectivity index (χ2v) is 7.70. The molecule has 0 aliphatic carbocycles. The van der Waals surface area contributed by atoms with Gasteiger partial charge in [-0.2, -0.15) is 0 Å². The summed E-state index contributed by atoms with van der Waals surface area (Å²) >= 11 is 7.33. The number of hydrogen-bond acceptors (Lipinski definition) is 7. The summed E-state index contributed by atoms with van der Waals surface area (Å²) in [5, 5.41) is 19.2. The van der Waals surface area contributed by atoms with Crippen LogP contribution in [0.5, 0.6) is 0 Å². The zero-order valence-electron chi connectivity index (χ0n) is 15.4. The van der Waals surface area contributed by atoms with E-state index in [9.17, 15) is 0 Å². The third-order valence-electron chi connectivity index (χ3n) is 4.55. The van der Waals surface area contributed by atoms with Crippen LogP contribution in [0.1, 0.15) is 12.8 Å². The minimum absolute atomic E-state index is 0.456. The molecule has 0 radical (unpaired) electrons. The van der Waals surface area contributed by atoms with Gasteiger partial charge in [0, 0.05) is 22.5 Å². The summed E-state index contributed by atoms with van der Waals surface area (Å²) in [5.74, 6) is 1.41. The van der Waals surface area contributed by atoms with Crippen molar-refractivity contribution in [2.45, 2.75) is 24.4 Å². The first-order valence-corrected chi connectivity index (χ1v) is 10.4. The maximum absolute atomic E-state index is 5.92. The summed E-state index contributed by atoms with van der Waals surface area (Å²) in [7, 11) is 0. The van der Waals surface area contributed by atoms with E-state index in [0.29, 0.717) is 27.7 Å². The van der Waals surface area contributed by atoms with Gasteiger partial charge in [-0.1, -0.05) is 41.6 Å². The largest absolute Gasteiger partial charge is 0.420 e. The molecule has 0 saturated heterocycles. The van der Waals surface area contributed by atoms with Gasteiger partial charge in [-0.3, -0.25) is 0 Å². The van der Waals surface area contributed by atoms with Crippen molar-refractivity contribution in [2.75, 3.05) is 0 Å². The highest BCUT2D eigenvalue weighted by Gasteiger charge is 2.15. The fourth-order valence-corrected chi connectivity index (χ4v) is 3.96. The van der Waals surface area contributed by atoms with E-state index < -0.39 is 0 Å². The Morgan fingerprint density at radius 1 is 1.00 bits per heavy atom. The minimum atomic E-state index is 0.456. The Morgan fingerprint density at radius 3 is 2.66 bits per heavy atom. The summed E-state index contributed by atoms with van der Waals surface area (Å²) in [6.07, 6.45) is 0. The predicted octanol–water partition coefficient (Wildman–Crippen LogP) is 5.00. The van der Waals surface area contributed by atoms with Crippen molar-refractivity contribution in [3.63, 3.8) is 0 Å². The zero-order chi connectivity index (χ0) is 19.8. The van der Waals surface area contributed by atoms with Gasteiger partial charge in [0.2, 0.25) is 16.9 Å². The molecule has 9 heteroatoms. The second-order valence-electron chi connectivity index (χ2n) is 6.32. The molecule has 0 N–H and O–H groups in total. The molecule has 0 aliphatic heterocycles. The summed E-state index contributed by atoms with van der Waals surface area (Å²) in [5.41, 5.74) is 3.58. The van der Waals surface area contributed by atoms with Crippen molar-refractivity contribution < 1.29 is 4.42 Å². The van der Waals surface area contributed by atoms with Gasteiger partial charge in [0.1, 0.15) is 5.52 Å². The van der Waals surface area contributed by atoms with Gasteiger partial charge < -0.3 is 8.98 Å². The topological polar surface area (TPSA) is 82.5 Å². The Kier molecular flexibility index (Phi) is 4.65. The van der Waals surface area contributed by atoms with Gasteiger partial charge in [0.15, 0.2) is 5.65 Å². The van der Waals surface area contributed by atoms with Gasteiger partial charge in [0.25, 0.3) is 0 Å². The SMILES string of the molecule is CCn1c2ccccc2c2nnc(SCc3nnc(-c4ccc(Cl)cc4)o3)nc21. The van der Waals surface area contributed by atoms with Crippen LogP contribution in [-0.2, 0) is 12.3 Å². The highest BCUT2D eigenvalue weighted by Crippen LogP contribution is 2.28. The number of aromatic nitrogens is 6. The van der Waals surface area contributed by atoms with Crippen LogP contribution >= 0.6 is 23.4 Å². The van der Waals surface area contributed by atoms with E-state index in [4.69, 9.17) is 21.0 Å². The van der Waals surface area contributed by atoms with Gasteiger partial charge >= 0.3 is 0 Å². The van der Waals surface area contributed by atoms with E-state index in [-0.39, 0.29) is 0 Å². The fourth-order valence-electron chi connectivity index (χ4n) is 3.22. The summed E-state index contributed by atoms with van der Waals surface area (Å²) in [6, 6.07) is 15.4. The van der Waals surface area contributed by atoms with Gasteiger partial charge in [-0.25, -0.2) is 4.98 Å². The number of nitrogens with zero attached hydrogens (tertiary/aromatic N) is 6. The molecule has 0 unspecified atom stereocenters. The number of rotatable bonds is 5. The van der Waals surface area contributed by atoms with E-state index in [1.165, 1.54) is 11.8 Å². The third kappa shape index (κ3) is 3.34. The number of halogens is 1.